The maximum absolute atomic E-state index is 6.48. The molecule has 4 aliphatic heterocycles. The monoisotopic (exact) mass is 690 g/mol. The second-order valence-electron chi connectivity index (χ2n) is 13.1. The van der Waals surface area contributed by atoms with Crippen molar-refractivity contribution in [2.75, 3.05) is 47.4 Å². The van der Waals surface area contributed by atoms with Crippen LogP contribution in [0.1, 0.15) is 83.4 Å². The summed E-state index contributed by atoms with van der Waals surface area (Å²) in [7, 11) is 7.22. The van der Waals surface area contributed by atoms with E-state index in [1.807, 2.05) is 49.0 Å². The number of fused-ring (bicyclic) bond motifs is 8. The number of methoxy groups -OCH3 is 4. The zero-order valence-corrected chi connectivity index (χ0v) is 30.3. The number of ether oxygens (including phenoxy) is 4. The molecule has 4 aromatic rings. The number of aryl methyl sites for hydroxylation is 2. The van der Waals surface area contributed by atoms with Crippen LogP contribution < -0.4 is 18.9 Å². The minimum atomic E-state index is 0.149. The molecule has 6 nitrogen and oxygen atoms in total. The average molecular weight is 691 g/mol. The van der Waals surface area contributed by atoms with E-state index in [-0.39, 0.29) is 12.0 Å². The Balaban J connectivity index is 1.25. The van der Waals surface area contributed by atoms with Gasteiger partial charge in [-0.15, -0.1) is 34.3 Å². The maximum atomic E-state index is 6.48. The van der Waals surface area contributed by atoms with Crippen LogP contribution in [0.25, 0.3) is 0 Å². The molecule has 1 unspecified atom stereocenters. The summed E-state index contributed by atoms with van der Waals surface area (Å²) < 4.78 is 24.4. The molecule has 0 fully saturated rings. The highest BCUT2D eigenvalue weighted by atomic mass is 35.5. The number of hydrogen-bond donors (Lipinski definition) is 0. The first-order valence-corrected chi connectivity index (χ1v) is 18.9. The van der Waals surface area contributed by atoms with Crippen LogP contribution in [0.15, 0.2) is 30.3 Å². The minimum absolute atomic E-state index is 0.149. The molecular weight excluding hydrogens is 648 g/mol. The molecule has 4 aliphatic rings. The zero-order chi connectivity index (χ0) is 32.4. The minimum Gasteiger partial charge on any atom is -0.496 e. The number of halogens is 1. The highest BCUT2D eigenvalue weighted by molar-refractivity contribution is 7.12. The van der Waals surface area contributed by atoms with Crippen LogP contribution in [0.3, 0.4) is 0 Å². The van der Waals surface area contributed by atoms with E-state index in [9.17, 15) is 0 Å². The largest absolute Gasteiger partial charge is 0.496 e. The molecule has 2 aromatic carbocycles. The molecular formula is C38H43ClN2O4S2. The van der Waals surface area contributed by atoms with Crippen LogP contribution in [0.2, 0.25) is 0 Å². The van der Waals surface area contributed by atoms with Gasteiger partial charge in [-0.2, -0.15) is 0 Å². The second kappa shape index (κ2) is 12.6. The van der Waals surface area contributed by atoms with Gasteiger partial charge in [0.15, 0.2) is 0 Å². The van der Waals surface area contributed by atoms with E-state index in [1.165, 1.54) is 53.6 Å². The van der Waals surface area contributed by atoms with Crippen LogP contribution in [0.4, 0.5) is 0 Å². The van der Waals surface area contributed by atoms with Crippen molar-refractivity contribution in [3.05, 3.63) is 88.8 Å². The number of hydrogen-bond acceptors (Lipinski definition) is 8. The number of rotatable bonds is 8. The van der Waals surface area contributed by atoms with E-state index in [2.05, 4.69) is 34.9 Å². The Kier molecular flexibility index (Phi) is 8.45. The SMILES string of the molecule is CCc1cc2c(s1)CCN1Cc3c(OC)cc(C4CN5Cc6c(OC)ccc(OC)c6C[C@H]5c5cc(CCCl)sc54)c(OC)c3C[C@@H]21. The van der Waals surface area contributed by atoms with Crippen LogP contribution in [-0.2, 0) is 45.2 Å². The third kappa shape index (κ3) is 5.09. The van der Waals surface area contributed by atoms with Gasteiger partial charge >= 0.3 is 0 Å². The summed E-state index contributed by atoms with van der Waals surface area (Å²) in [6.07, 6.45) is 4.93. The summed E-state index contributed by atoms with van der Waals surface area (Å²) >= 11 is 10.3. The third-order valence-electron chi connectivity index (χ3n) is 11.0. The molecule has 0 spiro atoms. The molecule has 248 valence electrons. The second-order valence-corrected chi connectivity index (χ2v) is 15.9. The fraction of sp³-hybridized carbons (Fsp3) is 0.474. The van der Waals surface area contributed by atoms with Crippen LogP contribution in [0.5, 0.6) is 23.0 Å². The Hall–Kier alpha value is -2.75. The van der Waals surface area contributed by atoms with Crippen molar-refractivity contribution in [2.45, 2.75) is 70.1 Å². The van der Waals surface area contributed by atoms with Crippen LogP contribution in [0, 0.1) is 0 Å². The van der Waals surface area contributed by atoms with E-state index < -0.39 is 0 Å². The maximum Gasteiger partial charge on any atom is 0.126 e. The quantitative estimate of drug-likeness (QED) is 0.174. The Morgan fingerprint density at radius 3 is 2.15 bits per heavy atom. The van der Waals surface area contributed by atoms with Crippen molar-refractivity contribution in [2.24, 2.45) is 0 Å². The van der Waals surface area contributed by atoms with Crippen molar-refractivity contribution in [3.8, 4) is 23.0 Å². The molecule has 2 aromatic heterocycles. The summed E-state index contributed by atoms with van der Waals surface area (Å²) in [5, 5.41) is 0. The Labute approximate surface area is 291 Å². The summed E-state index contributed by atoms with van der Waals surface area (Å²) in [5.74, 6) is 4.66. The molecule has 0 amide bonds. The molecule has 0 saturated heterocycles. The summed E-state index contributed by atoms with van der Waals surface area (Å²) in [4.78, 5) is 11.1. The Morgan fingerprint density at radius 2 is 1.43 bits per heavy atom. The van der Waals surface area contributed by atoms with Crippen molar-refractivity contribution in [1.29, 1.82) is 0 Å². The van der Waals surface area contributed by atoms with Crippen molar-refractivity contribution < 1.29 is 18.9 Å². The number of alkyl halides is 1. The van der Waals surface area contributed by atoms with Gasteiger partial charge in [0.2, 0.25) is 0 Å². The van der Waals surface area contributed by atoms with Crippen LogP contribution >= 0.6 is 34.3 Å². The summed E-state index contributed by atoms with van der Waals surface area (Å²) in [6.45, 7) is 5.94. The third-order valence-corrected chi connectivity index (χ3v) is 13.8. The van der Waals surface area contributed by atoms with E-state index in [0.717, 1.165) is 81.3 Å². The molecule has 0 aliphatic carbocycles. The molecule has 6 heterocycles. The zero-order valence-electron chi connectivity index (χ0n) is 27.9. The number of benzene rings is 2. The van der Waals surface area contributed by atoms with Gasteiger partial charge in [0, 0.05) is 97.4 Å². The first-order valence-electron chi connectivity index (χ1n) is 16.8. The molecule has 0 radical (unpaired) electrons. The average Bonchev–Trinajstić information content (AvgIpc) is 3.73. The first kappa shape index (κ1) is 31.5. The number of thiophene rings is 2. The Morgan fingerprint density at radius 1 is 0.745 bits per heavy atom. The lowest BCUT2D eigenvalue weighted by molar-refractivity contribution is 0.147. The van der Waals surface area contributed by atoms with Crippen LogP contribution in [-0.4, -0.2) is 57.2 Å². The van der Waals surface area contributed by atoms with Gasteiger partial charge in [-0.25, -0.2) is 0 Å². The van der Waals surface area contributed by atoms with E-state index >= 15 is 0 Å². The van der Waals surface area contributed by atoms with Crippen molar-refractivity contribution >= 4 is 34.3 Å². The first-order chi connectivity index (χ1) is 23.0. The molecule has 47 heavy (non-hydrogen) atoms. The van der Waals surface area contributed by atoms with Gasteiger partial charge in [0.25, 0.3) is 0 Å². The van der Waals surface area contributed by atoms with E-state index in [0.29, 0.717) is 11.9 Å². The van der Waals surface area contributed by atoms with Crippen molar-refractivity contribution in [1.82, 2.24) is 9.80 Å². The molecule has 9 heteroatoms. The predicted molar refractivity (Wildman–Crippen MR) is 191 cm³/mol. The lowest BCUT2D eigenvalue weighted by Gasteiger charge is -2.45. The fourth-order valence-electron chi connectivity index (χ4n) is 8.74. The van der Waals surface area contributed by atoms with Crippen molar-refractivity contribution in [3.63, 3.8) is 0 Å². The molecule has 0 N–H and O–H groups in total. The van der Waals surface area contributed by atoms with Gasteiger partial charge in [-0.1, -0.05) is 6.92 Å². The summed E-state index contributed by atoms with van der Waals surface area (Å²) in [5.41, 5.74) is 9.25. The highest BCUT2D eigenvalue weighted by Crippen LogP contribution is 2.54. The lowest BCUT2D eigenvalue weighted by Crippen LogP contribution is -2.41. The lowest BCUT2D eigenvalue weighted by atomic mass is 9.79. The van der Waals surface area contributed by atoms with Gasteiger partial charge in [-0.05, 0) is 73.6 Å². The number of nitrogens with zero attached hydrogens (tertiary/aromatic N) is 2. The topological polar surface area (TPSA) is 43.4 Å². The van der Waals surface area contributed by atoms with E-state index in [1.54, 1.807) is 19.1 Å². The standard InChI is InChI=1S/C38H43ClN2O4S2/c1-6-21-13-26-31-16-24-29(18-40(31)12-10-36(26)46-21)35(44-4)17-25(37(24)45-5)30-20-41-19-28-23(33(42-2)7-8-34(28)43-3)15-32(41)27-14-22(9-11-39)47-38(27)30/h7-8,13-14,17,30-32H,6,9-12,15-16,18-20H2,1-5H3/t30?,31-,32-/m0/s1. The summed E-state index contributed by atoms with van der Waals surface area (Å²) in [6, 6.07) is 11.9. The Bertz CT molecular complexity index is 1830. The van der Waals surface area contributed by atoms with Gasteiger partial charge in [0.05, 0.1) is 28.4 Å². The molecule has 8 rings (SSSR count). The molecule has 0 bridgehead atoms. The fourth-order valence-corrected chi connectivity index (χ4v) is 11.5. The predicted octanol–water partition coefficient (Wildman–Crippen LogP) is 8.09. The van der Waals surface area contributed by atoms with Gasteiger partial charge in [-0.3, -0.25) is 9.80 Å². The smallest absolute Gasteiger partial charge is 0.126 e. The normalized spacial score (nSPS) is 21.5. The van der Waals surface area contributed by atoms with Gasteiger partial charge in [0.1, 0.15) is 23.0 Å². The van der Waals surface area contributed by atoms with Gasteiger partial charge < -0.3 is 18.9 Å². The molecule has 3 atom stereocenters. The van der Waals surface area contributed by atoms with E-state index in [4.69, 9.17) is 30.5 Å². The molecule has 0 saturated carbocycles. The highest BCUT2D eigenvalue weighted by Gasteiger charge is 2.43.